The third-order valence-corrected chi connectivity index (χ3v) is 4.92. The van der Waals surface area contributed by atoms with Gasteiger partial charge in [0, 0.05) is 25.5 Å². The monoisotopic (exact) mass is 343 g/mol. The number of nitrogens with zero attached hydrogens (tertiary/aromatic N) is 2. The van der Waals surface area contributed by atoms with E-state index in [1.54, 1.807) is 12.3 Å². The van der Waals surface area contributed by atoms with Gasteiger partial charge in [0.2, 0.25) is 0 Å². The first kappa shape index (κ1) is 16.8. The molecule has 24 heavy (non-hydrogen) atoms. The second-order valence-corrected chi connectivity index (χ2v) is 6.76. The molecule has 1 aliphatic heterocycles. The van der Waals surface area contributed by atoms with Gasteiger partial charge in [0.15, 0.2) is 0 Å². The number of piperidine rings is 1. The van der Waals surface area contributed by atoms with Crippen molar-refractivity contribution in [2.45, 2.75) is 26.2 Å². The van der Waals surface area contributed by atoms with E-state index in [2.05, 4.69) is 16.4 Å². The molecule has 2 amide bonds. The van der Waals surface area contributed by atoms with E-state index in [9.17, 15) is 4.79 Å². The number of halogens is 1. The number of urea groups is 1. The van der Waals surface area contributed by atoms with Crippen molar-refractivity contribution in [1.82, 2.24) is 9.88 Å². The molecule has 5 heteroatoms. The molecule has 4 nitrogen and oxygen atoms in total. The second kappa shape index (κ2) is 7.67. The number of anilines is 1. The number of hydrogen-bond donors (Lipinski definition) is 1. The number of likely N-dealkylation sites (tertiary alicyclic amines) is 1. The third-order valence-electron chi connectivity index (χ3n) is 4.60. The maximum absolute atomic E-state index is 12.5. The van der Waals surface area contributed by atoms with Crippen molar-refractivity contribution in [3.05, 3.63) is 58.9 Å². The van der Waals surface area contributed by atoms with Gasteiger partial charge in [-0.25, -0.2) is 4.79 Å². The molecule has 0 spiro atoms. The molecule has 126 valence electrons. The molecule has 1 N–H and O–H groups in total. The molecule has 0 atom stereocenters. The van der Waals surface area contributed by atoms with Crippen molar-refractivity contribution in [3.63, 3.8) is 0 Å². The number of para-hydroxylation sites is 1. The van der Waals surface area contributed by atoms with Crippen molar-refractivity contribution < 1.29 is 4.79 Å². The fourth-order valence-electron chi connectivity index (χ4n) is 3.17. The zero-order valence-electron chi connectivity index (χ0n) is 13.8. The molecule has 0 saturated carbocycles. The van der Waals surface area contributed by atoms with Crippen LogP contribution in [0.15, 0.2) is 42.7 Å². The third kappa shape index (κ3) is 4.06. The van der Waals surface area contributed by atoms with E-state index < -0.39 is 0 Å². The van der Waals surface area contributed by atoms with Gasteiger partial charge in [-0.1, -0.05) is 29.8 Å². The first-order valence-corrected chi connectivity index (χ1v) is 8.71. The molecule has 0 aliphatic carbocycles. The fraction of sp³-hybridized carbons (Fsp3) is 0.368. The molecule has 1 fully saturated rings. The number of aromatic nitrogens is 1. The van der Waals surface area contributed by atoms with Crippen LogP contribution in [0.25, 0.3) is 0 Å². The summed E-state index contributed by atoms with van der Waals surface area (Å²) >= 11 is 6.19. The van der Waals surface area contributed by atoms with E-state index >= 15 is 0 Å². The zero-order chi connectivity index (χ0) is 16.9. The Labute approximate surface area is 147 Å². The normalized spacial score (nSPS) is 15.3. The first-order valence-electron chi connectivity index (χ1n) is 8.33. The SMILES string of the molecule is Cc1cccc(Cl)c1NC(=O)N1CCC(Cc2cccnc2)CC1. The number of nitrogens with one attached hydrogen (secondary N) is 1. The van der Waals surface area contributed by atoms with Gasteiger partial charge in [0.05, 0.1) is 10.7 Å². The zero-order valence-corrected chi connectivity index (χ0v) is 14.6. The predicted octanol–water partition coefficient (Wildman–Crippen LogP) is 4.53. The highest BCUT2D eigenvalue weighted by Gasteiger charge is 2.23. The van der Waals surface area contributed by atoms with Crippen LogP contribution in [0.4, 0.5) is 10.5 Å². The van der Waals surface area contributed by atoms with Crippen molar-refractivity contribution >= 4 is 23.3 Å². The van der Waals surface area contributed by atoms with Crippen LogP contribution in [0, 0.1) is 12.8 Å². The highest BCUT2D eigenvalue weighted by Crippen LogP contribution is 2.27. The topological polar surface area (TPSA) is 45.2 Å². The van der Waals surface area contributed by atoms with Gasteiger partial charge in [-0.2, -0.15) is 0 Å². The summed E-state index contributed by atoms with van der Waals surface area (Å²) in [5.74, 6) is 0.611. The smallest absolute Gasteiger partial charge is 0.321 e. The maximum Gasteiger partial charge on any atom is 0.321 e. The molecular formula is C19H22ClN3O. The average Bonchev–Trinajstić information content (AvgIpc) is 2.60. The first-order chi connectivity index (χ1) is 11.6. The minimum Gasteiger partial charge on any atom is -0.325 e. The molecule has 1 aromatic heterocycles. The highest BCUT2D eigenvalue weighted by atomic mass is 35.5. The summed E-state index contributed by atoms with van der Waals surface area (Å²) in [6.45, 7) is 3.50. The molecule has 1 saturated heterocycles. The molecule has 1 aromatic carbocycles. The lowest BCUT2D eigenvalue weighted by molar-refractivity contribution is 0.182. The number of carbonyl (C=O) groups is 1. The fourth-order valence-corrected chi connectivity index (χ4v) is 3.44. The van der Waals surface area contributed by atoms with E-state index in [0.717, 1.165) is 37.9 Å². The van der Waals surface area contributed by atoms with E-state index in [0.29, 0.717) is 16.6 Å². The Morgan fingerprint density at radius 2 is 2.08 bits per heavy atom. The van der Waals surface area contributed by atoms with E-state index in [1.807, 2.05) is 36.2 Å². The molecule has 3 rings (SSSR count). The maximum atomic E-state index is 12.5. The van der Waals surface area contributed by atoms with Gasteiger partial charge in [0.25, 0.3) is 0 Å². The van der Waals surface area contributed by atoms with Gasteiger partial charge in [-0.3, -0.25) is 4.98 Å². The lowest BCUT2D eigenvalue weighted by atomic mass is 9.91. The highest BCUT2D eigenvalue weighted by molar-refractivity contribution is 6.33. The van der Waals surface area contributed by atoms with Gasteiger partial charge in [0.1, 0.15) is 0 Å². The number of rotatable bonds is 3. The van der Waals surface area contributed by atoms with Crippen molar-refractivity contribution in [3.8, 4) is 0 Å². The number of hydrogen-bond acceptors (Lipinski definition) is 2. The molecule has 2 aromatic rings. The summed E-state index contributed by atoms with van der Waals surface area (Å²) in [5.41, 5.74) is 2.95. The van der Waals surface area contributed by atoms with Crippen LogP contribution in [0.1, 0.15) is 24.0 Å². The lowest BCUT2D eigenvalue weighted by Gasteiger charge is -2.32. The van der Waals surface area contributed by atoms with Crippen molar-refractivity contribution in [1.29, 1.82) is 0 Å². The lowest BCUT2D eigenvalue weighted by Crippen LogP contribution is -2.41. The Kier molecular flexibility index (Phi) is 5.36. The summed E-state index contributed by atoms with van der Waals surface area (Å²) in [4.78, 5) is 18.5. The summed E-state index contributed by atoms with van der Waals surface area (Å²) in [6, 6.07) is 9.66. The Balaban J connectivity index is 1.54. The molecule has 1 aliphatic rings. The molecular weight excluding hydrogens is 322 g/mol. The molecule has 0 bridgehead atoms. The summed E-state index contributed by atoms with van der Waals surface area (Å²) in [7, 11) is 0. The number of amides is 2. The van der Waals surface area contributed by atoms with Gasteiger partial charge in [-0.15, -0.1) is 0 Å². The van der Waals surface area contributed by atoms with Crippen LogP contribution < -0.4 is 5.32 Å². The minimum absolute atomic E-state index is 0.0639. The number of carbonyl (C=O) groups excluding carboxylic acids is 1. The van der Waals surface area contributed by atoms with Gasteiger partial charge < -0.3 is 10.2 Å². The Bertz CT molecular complexity index is 677. The summed E-state index contributed by atoms with van der Waals surface area (Å²) in [6.07, 6.45) is 6.80. The van der Waals surface area contributed by atoms with Gasteiger partial charge >= 0.3 is 6.03 Å². The number of benzene rings is 1. The van der Waals surface area contributed by atoms with Crippen LogP contribution in [0.3, 0.4) is 0 Å². The number of pyridine rings is 1. The summed E-state index contributed by atoms with van der Waals surface area (Å²) in [5, 5.41) is 3.54. The van der Waals surface area contributed by atoms with Gasteiger partial charge in [-0.05, 0) is 55.4 Å². The van der Waals surface area contributed by atoms with Crippen molar-refractivity contribution in [2.75, 3.05) is 18.4 Å². The largest absolute Gasteiger partial charge is 0.325 e. The van der Waals surface area contributed by atoms with Crippen LogP contribution in [0.5, 0.6) is 0 Å². The average molecular weight is 344 g/mol. The Morgan fingerprint density at radius 3 is 2.75 bits per heavy atom. The van der Waals surface area contributed by atoms with E-state index in [-0.39, 0.29) is 6.03 Å². The van der Waals surface area contributed by atoms with Crippen LogP contribution in [-0.2, 0) is 6.42 Å². The van der Waals surface area contributed by atoms with Crippen LogP contribution in [-0.4, -0.2) is 29.0 Å². The molecule has 0 unspecified atom stereocenters. The number of aryl methyl sites for hydroxylation is 1. The van der Waals surface area contributed by atoms with Crippen LogP contribution in [0.2, 0.25) is 5.02 Å². The second-order valence-electron chi connectivity index (χ2n) is 6.36. The minimum atomic E-state index is -0.0639. The van der Waals surface area contributed by atoms with E-state index in [1.165, 1.54) is 5.56 Å². The standard InChI is InChI=1S/C19H22ClN3O/c1-14-4-2-6-17(20)18(14)22-19(24)23-10-7-15(8-11-23)12-16-5-3-9-21-13-16/h2-6,9,13,15H,7-8,10-12H2,1H3,(H,22,24). The van der Waals surface area contributed by atoms with Crippen molar-refractivity contribution in [2.24, 2.45) is 5.92 Å². The van der Waals surface area contributed by atoms with Crippen LogP contribution >= 0.6 is 11.6 Å². The molecule has 2 heterocycles. The Morgan fingerprint density at radius 1 is 1.29 bits per heavy atom. The summed E-state index contributed by atoms with van der Waals surface area (Å²) < 4.78 is 0. The quantitative estimate of drug-likeness (QED) is 0.889. The van der Waals surface area contributed by atoms with E-state index in [4.69, 9.17) is 11.6 Å². The Hall–Kier alpha value is -2.07. The molecule has 0 radical (unpaired) electrons. The predicted molar refractivity (Wildman–Crippen MR) is 97.4 cm³/mol.